The molecule has 2 aliphatic carbocycles. The molecule has 0 unspecified atom stereocenters. The van der Waals surface area contributed by atoms with Crippen LogP contribution in [0.2, 0.25) is 0 Å². The molecule has 0 atom stereocenters. The molecule has 2 fully saturated rings. The average Bonchev–Trinajstić information content (AvgIpc) is 3.27. The normalized spacial score (nSPS) is 22.6. The second-order valence-electron chi connectivity index (χ2n) is 5.96. The van der Waals surface area contributed by atoms with Crippen molar-refractivity contribution in [2.45, 2.75) is 50.5 Å². The fourth-order valence-electron chi connectivity index (χ4n) is 3.39. The Hall–Kier alpha value is -1.02. The van der Waals surface area contributed by atoms with Gasteiger partial charge in [-0.05, 0) is 57.2 Å². The highest BCUT2D eigenvalue weighted by Crippen LogP contribution is 2.63. The minimum Gasteiger partial charge on any atom is -0.372 e. The number of benzene rings is 1. The topological polar surface area (TPSA) is 29.3 Å². The van der Waals surface area contributed by atoms with Crippen molar-refractivity contribution in [3.05, 3.63) is 29.8 Å². The Morgan fingerprint density at radius 2 is 1.56 bits per heavy atom. The molecule has 2 heteroatoms. The fourth-order valence-corrected chi connectivity index (χ4v) is 3.39. The lowest BCUT2D eigenvalue weighted by Gasteiger charge is -2.25. The minimum absolute atomic E-state index is 0.129. The maximum Gasteiger partial charge on any atom is 0.0366 e. The molecule has 2 nitrogen and oxygen atoms in total. The molecule has 1 aromatic carbocycles. The second-order valence-corrected chi connectivity index (χ2v) is 5.96. The summed E-state index contributed by atoms with van der Waals surface area (Å²) in [6, 6.07) is 9.17. The van der Waals surface area contributed by atoms with Gasteiger partial charge in [-0.15, -0.1) is 0 Å². The zero-order valence-electron chi connectivity index (χ0n) is 11.6. The lowest BCUT2D eigenvalue weighted by atomic mass is 9.86. The van der Waals surface area contributed by atoms with Crippen molar-refractivity contribution in [3.8, 4) is 0 Å². The van der Waals surface area contributed by atoms with E-state index in [-0.39, 0.29) is 5.54 Å². The van der Waals surface area contributed by atoms with Gasteiger partial charge in [0.15, 0.2) is 0 Å². The molecule has 2 saturated carbocycles. The van der Waals surface area contributed by atoms with Crippen LogP contribution in [-0.4, -0.2) is 18.6 Å². The maximum atomic E-state index is 6.46. The summed E-state index contributed by atoms with van der Waals surface area (Å²) in [6.07, 6.45) is 5.00. The summed E-state index contributed by atoms with van der Waals surface area (Å²) in [7, 11) is 0. The number of nitrogens with two attached hydrogens (primary N) is 1. The molecule has 3 rings (SSSR count). The molecule has 0 spiro atoms. The van der Waals surface area contributed by atoms with Crippen LogP contribution in [-0.2, 0) is 5.41 Å². The monoisotopic (exact) mass is 244 g/mol. The Morgan fingerprint density at radius 1 is 1.00 bits per heavy atom. The second kappa shape index (κ2) is 3.99. The summed E-state index contributed by atoms with van der Waals surface area (Å²) >= 11 is 0. The SMILES string of the molecule is CCN(CC)c1ccc(C2(C3(N)CC3)CC2)cc1. The highest BCUT2D eigenvalue weighted by atomic mass is 15.1. The third kappa shape index (κ3) is 1.66. The molecule has 98 valence electrons. The molecule has 0 radical (unpaired) electrons. The molecule has 0 amide bonds. The van der Waals surface area contributed by atoms with Crippen molar-refractivity contribution in [2.24, 2.45) is 5.73 Å². The van der Waals surface area contributed by atoms with Crippen molar-refractivity contribution < 1.29 is 0 Å². The number of anilines is 1. The minimum atomic E-state index is 0.129. The van der Waals surface area contributed by atoms with E-state index >= 15 is 0 Å². The number of hydrogen-bond acceptors (Lipinski definition) is 2. The molecule has 1 aromatic rings. The molecule has 0 aliphatic heterocycles. The van der Waals surface area contributed by atoms with Crippen LogP contribution in [0, 0.1) is 0 Å². The van der Waals surface area contributed by atoms with Crippen LogP contribution in [0.3, 0.4) is 0 Å². The quantitative estimate of drug-likeness (QED) is 0.862. The third-order valence-electron chi connectivity index (χ3n) is 5.04. The van der Waals surface area contributed by atoms with Crippen LogP contribution < -0.4 is 10.6 Å². The molecule has 18 heavy (non-hydrogen) atoms. The van der Waals surface area contributed by atoms with Gasteiger partial charge in [-0.25, -0.2) is 0 Å². The number of nitrogens with zero attached hydrogens (tertiary/aromatic N) is 1. The van der Waals surface area contributed by atoms with E-state index in [1.54, 1.807) is 0 Å². The Morgan fingerprint density at radius 3 is 1.94 bits per heavy atom. The van der Waals surface area contributed by atoms with E-state index in [0.717, 1.165) is 13.1 Å². The highest BCUT2D eigenvalue weighted by Gasteiger charge is 2.63. The zero-order valence-corrected chi connectivity index (χ0v) is 11.6. The van der Waals surface area contributed by atoms with E-state index in [0.29, 0.717) is 5.41 Å². The van der Waals surface area contributed by atoms with E-state index in [9.17, 15) is 0 Å². The summed E-state index contributed by atoms with van der Waals surface area (Å²) in [5.74, 6) is 0. The van der Waals surface area contributed by atoms with E-state index < -0.39 is 0 Å². The summed E-state index contributed by atoms with van der Waals surface area (Å²) in [5.41, 5.74) is 9.72. The summed E-state index contributed by atoms with van der Waals surface area (Å²) in [4.78, 5) is 2.39. The first-order valence-electron chi connectivity index (χ1n) is 7.29. The van der Waals surface area contributed by atoms with Gasteiger partial charge >= 0.3 is 0 Å². The Kier molecular flexibility index (Phi) is 2.67. The molecule has 0 saturated heterocycles. The van der Waals surface area contributed by atoms with E-state index in [4.69, 9.17) is 5.73 Å². The Bertz CT molecular complexity index is 423. The first-order valence-corrected chi connectivity index (χ1v) is 7.29. The first-order chi connectivity index (χ1) is 8.65. The van der Waals surface area contributed by atoms with Gasteiger partial charge < -0.3 is 10.6 Å². The van der Waals surface area contributed by atoms with Gasteiger partial charge in [0.25, 0.3) is 0 Å². The van der Waals surface area contributed by atoms with Crippen LogP contribution >= 0.6 is 0 Å². The standard InChI is InChI=1S/C16H24N2/c1-3-18(4-2)14-7-5-13(6-8-14)15(9-10-15)16(17)11-12-16/h5-8H,3-4,9-12,17H2,1-2H3. The van der Waals surface area contributed by atoms with Gasteiger partial charge in [0, 0.05) is 29.7 Å². The van der Waals surface area contributed by atoms with Crippen LogP contribution in [0.15, 0.2) is 24.3 Å². The lowest BCUT2D eigenvalue weighted by Crippen LogP contribution is -2.37. The van der Waals surface area contributed by atoms with Crippen molar-refractivity contribution in [3.63, 3.8) is 0 Å². The van der Waals surface area contributed by atoms with Crippen LogP contribution in [0.4, 0.5) is 5.69 Å². The number of rotatable bonds is 5. The van der Waals surface area contributed by atoms with Crippen LogP contribution in [0.5, 0.6) is 0 Å². The third-order valence-corrected chi connectivity index (χ3v) is 5.04. The lowest BCUT2D eigenvalue weighted by molar-refractivity contribution is 0.503. The molecular weight excluding hydrogens is 220 g/mol. The fraction of sp³-hybridized carbons (Fsp3) is 0.625. The highest BCUT2D eigenvalue weighted by molar-refractivity contribution is 5.51. The van der Waals surface area contributed by atoms with Crippen LogP contribution in [0.25, 0.3) is 0 Å². The average molecular weight is 244 g/mol. The van der Waals surface area contributed by atoms with E-state index in [2.05, 4.69) is 43.0 Å². The van der Waals surface area contributed by atoms with Crippen LogP contribution in [0.1, 0.15) is 45.1 Å². The Labute approximate surface area is 110 Å². The summed E-state index contributed by atoms with van der Waals surface area (Å²) < 4.78 is 0. The Balaban J connectivity index is 1.84. The van der Waals surface area contributed by atoms with E-state index in [1.807, 2.05) is 0 Å². The summed E-state index contributed by atoms with van der Waals surface area (Å²) in [5, 5.41) is 0. The van der Waals surface area contributed by atoms with Gasteiger partial charge in [-0.3, -0.25) is 0 Å². The van der Waals surface area contributed by atoms with Gasteiger partial charge in [0.2, 0.25) is 0 Å². The van der Waals surface area contributed by atoms with E-state index in [1.165, 1.54) is 36.9 Å². The molecule has 2 N–H and O–H groups in total. The largest absolute Gasteiger partial charge is 0.372 e. The maximum absolute atomic E-state index is 6.46. The first kappa shape index (κ1) is 12.0. The van der Waals surface area contributed by atoms with Crippen molar-refractivity contribution in [2.75, 3.05) is 18.0 Å². The molecule has 2 aliphatic rings. The molecule has 0 bridgehead atoms. The predicted molar refractivity (Wildman–Crippen MR) is 77.1 cm³/mol. The number of hydrogen-bond donors (Lipinski definition) is 1. The van der Waals surface area contributed by atoms with Gasteiger partial charge in [-0.1, -0.05) is 12.1 Å². The smallest absolute Gasteiger partial charge is 0.0366 e. The molecule has 0 aromatic heterocycles. The van der Waals surface area contributed by atoms with Crippen molar-refractivity contribution in [1.29, 1.82) is 0 Å². The predicted octanol–water partition coefficient (Wildman–Crippen LogP) is 3.06. The molecular formula is C16H24N2. The van der Waals surface area contributed by atoms with Gasteiger partial charge in [0.1, 0.15) is 0 Å². The van der Waals surface area contributed by atoms with Gasteiger partial charge in [0.05, 0.1) is 0 Å². The van der Waals surface area contributed by atoms with Gasteiger partial charge in [-0.2, -0.15) is 0 Å². The van der Waals surface area contributed by atoms with Crippen molar-refractivity contribution in [1.82, 2.24) is 0 Å². The molecule has 0 heterocycles. The zero-order chi connectivity index (χ0) is 12.8. The van der Waals surface area contributed by atoms with Crippen molar-refractivity contribution >= 4 is 5.69 Å². The summed E-state index contributed by atoms with van der Waals surface area (Å²) in [6.45, 7) is 6.56.